The van der Waals surface area contributed by atoms with Crippen molar-refractivity contribution in [2.45, 2.75) is 52.2 Å². The molecule has 0 saturated heterocycles. The highest BCUT2D eigenvalue weighted by molar-refractivity contribution is 6.03. The molecule has 3 atom stereocenters. The van der Waals surface area contributed by atoms with Gasteiger partial charge in [0.1, 0.15) is 5.75 Å². The summed E-state index contributed by atoms with van der Waals surface area (Å²) in [7, 11) is 3.80. The molecule has 0 bridgehead atoms. The fourth-order valence-corrected chi connectivity index (χ4v) is 3.41. The molecular formula is C23H34N2O2. The van der Waals surface area contributed by atoms with E-state index in [1.165, 1.54) is 0 Å². The fraction of sp³-hybridized carbons (Fsp3) is 0.522. The van der Waals surface area contributed by atoms with Crippen molar-refractivity contribution in [1.82, 2.24) is 4.90 Å². The topological polar surface area (TPSA) is 56.5 Å². The summed E-state index contributed by atoms with van der Waals surface area (Å²) in [6.45, 7) is 7.05. The molecule has 2 aromatic carbocycles. The van der Waals surface area contributed by atoms with Gasteiger partial charge < -0.3 is 20.2 Å². The van der Waals surface area contributed by atoms with Gasteiger partial charge in [-0.1, -0.05) is 25.1 Å². The number of benzene rings is 2. The molecule has 0 aliphatic carbocycles. The van der Waals surface area contributed by atoms with E-state index in [-0.39, 0.29) is 12.0 Å². The zero-order chi connectivity index (χ0) is 20.0. The summed E-state index contributed by atoms with van der Waals surface area (Å²) in [6, 6.07) is 12.7. The molecule has 0 spiro atoms. The molecule has 148 valence electrons. The lowest BCUT2D eigenvalue weighted by Crippen LogP contribution is -2.36. The lowest BCUT2D eigenvalue weighted by molar-refractivity contribution is 0.155. The van der Waals surface area contributed by atoms with Gasteiger partial charge in [-0.15, -0.1) is 0 Å². The van der Waals surface area contributed by atoms with Crippen molar-refractivity contribution in [1.29, 1.82) is 5.41 Å². The minimum Gasteiger partial charge on any atom is -0.497 e. The molecule has 0 fully saturated rings. The van der Waals surface area contributed by atoms with E-state index in [9.17, 15) is 5.11 Å². The second-order valence-electron chi connectivity index (χ2n) is 7.66. The van der Waals surface area contributed by atoms with Crippen molar-refractivity contribution in [2.75, 3.05) is 20.7 Å². The van der Waals surface area contributed by atoms with Gasteiger partial charge in [0.2, 0.25) is 0 Å². The van der Waals surface area contributed by atoms with Crippen LogP contribution < -0.4 is 4.74 Å². The van der Waals surface area contributed by atoms with E-state index in [0.29, 0.717) is 11.8 Å². The first-order valence-electron chi connectivity index (χ1n) is 9.90. The van der Waals surface area contributed by atoms with Crippen molar-refractivity contribution in [3.8, 4) is 5.75 Å². The quantitative estimate of drug-likeness (QED) is 0.595. The maximum absolute atomic E-state index is 9.51. The second kappa shape index (κ2) is 9.86. The van der Waals surface area contributed by atoms with Crippen LogP contribution >= 0.6 is 0 Å². The first-order chi connectivity index (χ1) is 12.8. The summed E-state index contributed by atoms with van der Waals surface area (Å²) in [5, 5.41) is 20.5. The highest BCUT2D eigenvalue weighted by atomic mass is 16.5. The molecule has 2 N–H and O–H groups in total. The molecule has 0 aliphatic heterocycles. The van der Waals surface area contributed by atoms with E-state index in [1.54, 1.807) is 7.11 Å². The average Bonchev–Trinajstić information content (AvgIpc) is 2.68. The van der Waals surface area contributed by atoms with Gasteiger partial charge in [-0.25, -0.2) is 0 Å². The van der Waals surface area contributed by atoms with Crippen LogP contribution in [0.2, 0.25) is 0 Å². The van der Waals surface area contributed by atoms with Crippen molar-refractivity contribution >= 4 is 16.5 Å². The minimum absolute atomic E-state index is 0.194. The summed E-state index contributed by atoms with van der Waals surface area (Å²) >= 11 is 0. The van der Waals surface area contributed by atoms with Gasteiger partial charge in [0.25, 0.3) is 0 Å². The number of hydrogen-bond donors (Lipinski definition) is 2. The highest BCUT2D eigenvalue weighted by Crippen LogP contribution is 2.24. The molecule has 0 saturated carbocycles. The lowest BCUT2D eigenvalue weighted by atomic mass is 9.92. The van der Waals surface area contributed by atoms with E-state index in [1.807, 2.05) is 25.1 Å². The summed E-state index contributed by atoms with van der Waals surface area (Å²) in [5.41, 5.74) is 1.69. The van der Waals surface area contributed by atoms with Crippen LogP contribution in [-0.4, -0.2) is 48.6 Å². The van der Waals surface area contributed by atoms with Gasteiger partial charge in [-0.3, -0.25) is 0 Å². The number of nitrogens with zero attached hydrogens (tertiary/aromatic N) is 1. The Balaban J connectivity index is 2.10. The van der Waals surface area contributed by atoms with Crippen LogP contribution in [0.3, 0.4) is 0 Å². The normalized spacial score (nSPS) is 14.9. The van der Waals surface area contributed by atoms with Crippen LogP contribution in [0.4, 0.5) is 0 Å². The maximum Gasteiger partial charge on any atom is 0.119 e. The third-order valence-corrected chi connectivity index (χ3v) is 5.52. The molecule has 0 aromatic heterocycles. The van der Waals surface area contributed by atoms with E-state index < -0.39 is 0 Å². The van der Waals surface area contributed by atoms with Crippen LogP contribution in [0.25, 0.3) is 10.8 Å². The first-order valence-corrected chi connectivity index (χ1v) is 9.90. The Morgan fingerprint density at radius 2 is 1.78 bits per heavy atom. The Morgan fingerprint density at radius 1 is 1.11 bits per heavy atom. The molecule has 3 unspecified atom stereocenters. The average molecular weight is 371 g/mol. The number of fused-ring (bicyclic) bond motifs is 1. The Morgan fingerprint density at radius 3 is 2.41 bits per heavy atom. The van der Waals surface area contributed by atoms with E-state index >= 15 is 0 Å². The number of hydrogen-bond acceptors (Lipinski definition) is 4. The number of ether oxygens (including phenoxy) is 1. The van der Waals surface area contributed by atoms with Gasteiger partial charge in [-0.2, -0.15) is 0 Å². The SMILES string of the molecule is CCC(CN(C)C(C)CCC(C)O)C(=N)c1ccc2cc(OC)ccc2c1. The third-order valence-electron chi connectivity index (χ3n) is 5.52. The summed E-state index contributed by atoms with van der Waals surface area (Å²) in [5.74, 6) is 1.05. The molecule has 27 heavy (non-hydrogen) atoms. The predicted molar refractivity (Wildman–Crippen MR) is 114 cm³/mol. The highest BCUT2D eigenvalue weighted by Gasteiger charge is 2.20. The van der Waals surface area contributed by atoms with Crippen LogP contribution in [0, 0.1) is 11.3 Å². The van der Waals surface area contributed by atoms with Gasteiger partial charge in [0, 0.05) is 24.2 Å². The zero-order valence-electron chi connectivity index (χ0n) is 17.3. The molecule has 2 rings (SSSR count). The summed E-state index contributed by atoms with van der Waals surface area (Å²) in [6.07, 6.45) is 2.47. The molecule has 0 aliphatic rings. The number of aliphatic hydroxyl groups excluding tert-OH is 1. The standard InChI is InChI=1S/C23H34N2O2/c1-6-18(15-25(4)16(2)7-8-17(3)26)23(24)21-10-9-20-14-22(27-5)12-11-19(20)13-21/h9-14,16-18,24,26H,6-8,15H2,1-5H3. The molecule has 0 heterocycles. The number of aliphatic hydroxyl groups is 1. The number of nitrogens with one attached hydrogen (secondary N) is 1. The van der Waals surface area contributed by atoms with Crippen LogP contribution in [0.1, 0.15) is 45.6 Å². The Kier molecular flexibility index (Phi) is 7.81. The monoisotopic (exact) mass is 370 g/mol. The van der Waals surface area contributed by atoms with E-state index in [0.717, 1.165) is 47.9 Å². The van der Waals surface area contributed by atoms with E-state index in [2.05, 4.69) is 44.0 Å². The molecule has 2 aromatic rings. The van der Waals surface area contributed by atoms with Gasteiger partial charge >= 0.3 is 0 Å². The largest absolute Gasteiger partial charge is 0.497 e. The van der Waals surface area contributed by atoms with Gasteiger partial charge in [-0.05, 0) is 74.7 Å². The Hall–Kier alpha value is -1.91. The molecule has 0 amide bonds. The van der Waals surface area contributed by atoms with Gasteiger partial charge in [0.15, 0.2) is 0 Å². The zero-order valence-corrected chi connectivity index (χ0v) is 17.3. The van der Waals surface area contributed by atoms with Crippen molar-refractivity contribution < 1.29 is 9.84 Å². The third kappa shape index (κ3) is 5.78. The minimum atomic E-state index is -0.252. The Bertz CT molecular complexity index is 757. The number of methoxy groups -OCH3 is 1. The molecule has 4 heteroatoms. The summed E-state index contributed by atoms with van der Waals surface area (Å²) < 4.78 is 5.29. The van der Waals surface area contributed by atoms with Crippen LogP contribution in [-0.2, 0) is 0 Å². The van der Waals surface area contributed by atoms with Gasteiger partial charge in [0.05, 0.1) is 13.2 Å². The van der Waals surface area contributed by atoms with E-state index in [4.69, 9.17) is 10.1 Å². The van der Waals surface area contributed by atoms with Crippen molar-refractivity contribution in [3.05, 3.63) is 42.0 Å². The second-order valence-corrected chi connectivity index (χ2v) is 7.66. The van der Waals surface area contributed by atoms with Crippen molar-refractivity contribution in [3.63, 3.8) is 0 Å². The predicted octanol–water partition coefficient (Wildman–Crippen LogP) is 4.72. The first kappa shape index (κ1) is 21.4. The molecule has 0 radical (unpaired) electrons. The Labute approximate surface area is 163 Å². The summed E-state index contributed by atoms with van der Waals surface area (Å²) in [4.78, 5) is 2.32. The smallest absolute Gasteiger partial charge is 0.119 e. The molecular weight excluding hydrogens is 336 g/mol. The number of rotatable bonds is 10. The van der Waals surface area contributed by atoms with Crippen LogP contribution in [0.5, 0.6) is 5.75 Å². The maximum atomic E-state index is 9.51. The van der Waals surface area contributed by atoms with Crippen molar-refractivity contribution in [2.24, 2.45) is 5.92 Å². The molecule has 4 nitrogen and oxygen atoms in total. The van der Waals surface area contributed by atoms with Crippen LogP contribution in [0.15, 0.2) is 36.4 Å². The fourth-order valence-electron chi connectivity index (χ4n) is 3.41. The lowest BCUT2D eigenvalue weighted by Gasteiger charge is -2.29.